The molecule has 0 saturated carbocycles. The van der Waals surface area contributed by atoms with Crippen molar-refractivity contribution in [2.24, 2.45) is 5.92 Å². The van der Waals surface area contributed by atoms with E-state index in [4.69, 9.17) is 11.6 Å². The number of halogens is 3. The van der Waals surface area contributed by atoms with Crippen LogP contribution in [0, 0.1) is 11.7 Å². The molecule has 1 unspecified atom stereocenters. The first kappa shape index (κ1) is 15.0. The van der Waals surface area contributed by atoms with Gasteiger partial charge in [-0.15, -0.1) is 11.6 Å². The van der Waals surface area contributed by atoms with E-state index in [1.807, 2.05) is 0 Å². The number of hydrogen-bond acceptors (Lipinski definition) is 0. The first-order valence-corrected chi connectivity index (χ1v) is 7.42. The summed E-state index contributed by atoms with van der Waals surface area (Å²) in [5, 5.41) is -0.0215. The lowest BCUT2D eigenvalue weighted by molar-refractivity contribution is 0.426. The molecule has 0 spiro atoms. The fraction of sp³-hybridized carbons (Fsp3) is 0.571. The molecule has 96 valence electrons. The highest BCUT2D eigenvalue weighted by Gasteiger charge is 2.20. The Hall–Kier alpha value is -0.0800. The van der Waals surface area contributed by atoms with Gasteiger partial charge in [0.25, 0.3) is 0 Å². The van der Waals surface area contributed by atoms with Gasteiger partial charge in [0.05, 0.1) is 9.85 Å². The summed E-state index contributed by atoms with van der Waals surface area (Å²) in [4.78, 5) is 0. The smallest absolute Gasteiger partial charge is 0.137 e. The molecular weight excluding hydrogens is 303 g/mol. The zero-order valence-electron chi connectivity index (χ0n) is 10.3. The Morgan fingerprint density at radius 3 is 2.29 bits per heavy atom. The van der Waals surface area contributed by atoms with Crippen LogP contribution in [0.25, 0.3) is 0 Å². The van der Waals surface area contributed by atoms with Crippen LogP contribution in [-0.4, -0.2) is 0 Å². The first-order valence-electron chi connectivity index (χ1n) is 6.19. The molecule has 1 aromatic rings. The molecule has 0 aromatic heterocycles. The van der Waals surface area contributed by atoms with Gasteiger partial charge in [-0.05, 0) is 52.4 Å². The zero-order chi connectivity index (χ0) is 12.8. The van der Waals surface area contributed by atoms with Gasteiger partial charge in [-0.2, -0.15) is 0 Å². The largest absolute Gasteiger partial charge is 0.206 e. The minimum Gasteiger partial charge on any atom is -0.206 e. The highest BCUT2D eigenvalue weighted by Crippen LogP contribution is 2.36. The number of benzene rings is 1. The van der Waals surface area contributed by atoms with Crippen molar-refractivity contribution in [2.75, 3.05) is 0 Å². The fourth-order valence-electron chi connectivity index (χ4n) is 2.13. The Kier molecular flexibility index (Phi) is 6.50. The van der Waals surface area contributed by atoms with E-state index >= 15 is 0 Å². The van der Waals surface area contributed by atoms with Gasteiger partial charge < -0.3 is 0 Å². The van der Waals surface area contributed by atoms with E-state index in [0.29, 0.717) is 10.4 Å². The van der Waals surface area contributed by atoms with Crippen LogP contribution in [0.5, 0.6) is 0 Å². The molecule has 0 amide bonds. The quantitative estimate of drug-likeness (QED) is 0.557. The SMILES string of the molecule is CCCC(CCC)C(Cl)c1ccc(F)c(Br)c1. The fourth-order valence-corrected chi connectivity index (χ4v) is 2.92. The van der Waals surface area contributed by atoms with Gasteiger partial charge in [-0.1, -0.05) is 32.8 Å². The number of rotatable bonds is 6. The second kappa shape index (κ2) is 7.38. The zero-order valence-corrected chi connectivity index (χ0v) is 12.7. The Bertz CT molecular complexity index is 348. The van der Waals surface area contributed by atoms with Crippen LogP contribution in [0.15, 0.2) is 22.7 Å². The summed E-state index contributed by atoms with van der Waals surface area (Å²) in [5.41, 5.74) is 1.01. The molecule has 1 aromatic carbocycles. The second-order valence-electron chi connectivity index (χ2n) is 4.41. The maximum absolute atomic E-state index is 13.2. The lowest BCUT2D eigenvalue weighted by atomic mass is 9.90. The van der Waals surface area contributed by atoms with Crippen molar-refractivity contribution in [1.82, 2.24) is 0 Å². The predicted octanol–water partition coefficient (Wildman–Crippen LogP) is 6.08. The van der Waals surface area contributed by atoms with Crippen LogP contribution in [0.4, 0.5) is 4.39 Å². The lowest BCUT2D eigenvalue weighted by Crippen LogP contribution is -2.08. The van der Waals surface area contributed by atoms with Crippen molar-refractivity contribution in [2.45, 2.75) is 44.9 Å². The molecular formula is C14H19BrClF. The van der Waals surface area contributed by atoms with E-state index in [0.717, 1.165) is 31.2 Å². The molecule has 0 aliphatic rings. The molecule has 0 bridgehead atoms. The van der Waals surface area contributed by atoms with Crippen molar-refractivity contribution in [1.29, 1.82) is 0 Å². The molecule has 17 heavy (non-hydrogen) atoms. The third kappa shape index (κ3) is 4.26. The van der Waals surface area contributed by atoms with E-state index in [1.165, 1.54) is 6.07 Å². The van der Waals surface area contributed by atoms with Crippen LogP contribution in [0.1, 0.15) is 50.5 Å². The van der Waals surface area contributed by atoms with Gasteiger partial charge >= 0.3 is 0 Å². The molecule has 1 rings (SSSR count). The predicted molar refractivity (Wildman–Crippen MR) is 76.0 cm³/mol. The van der Waals surface area contributed by atoms with Crippen LogP contribution in [0.2, 0.25) is 0 Å². The van der Waals surface area contributed by atoms with E-state index < -0.39 is 0 Å². The normalized spacial score (nSPS) is 13.1. The van der Waals surface area contributed by atoms with Gasteiger partial charge in [0, 0.05) is 0 Å². The number of hydrogen-bond donors (Lipinski definition) is 0. The Morgan fingerprint density at radius 1 is 1.24 bits per heavy atom. The Labute approximate surface area is 117 Å². The molecule has 0 saturated heterocycles. The first-order chi connectivity index (χ1) is 8.10. The molecule has 1 atom stereocenters. The summed E-state index contributed by atoms with van der Waals surface area (Å²) in [7, 11) is 0. The standard InChI is InChI=1S/C14H19BrClF/c1-3-5-10(6-4-2)14(16)11-7-8-13(17)12(15)9-11/h7-10,14H,3-6H2,1-2H3. The lowest BCUT2D eigenvalue weighted by Gasteiger charge is -2.22. The van der Waals surface area contributed by atoms with E-state index in [9.17, 15) is 4.39 Å². The molecule has 3 heteroatoms. The van der Waals surface area contributed by atoms with Gasteiger partial charge in [-0.3, -0.25) is 0 Å². The summed E-state index contributed by atoms with van der Waals surface area (Å²) < 4.78 is 13.7. The van der Waals surface area contributed by atoms with Crippen molar-refractivity contribution in [3.05, 3.63) is 34.1 Å². The topological polar surface area (TPSA) is 0 Å². The monoisotopic (exact) mass is 320 g/mol. The van der Waals surface area contributed by atoms with Gasteiger partial charge in [0.15, 0.2) is 0 Å². The van der Waals surface area contributed by atoms with Gasteiger partial charge in [0.1, 0.15) is 5.82 Å². The van der Waals surface area contributed by atoms with Crippen LogP contribution >= 0.6 is 27.5 Å². The van der Waals surface area contributed by atoms with Gasteiger partial charge in [0.2, 0.25) is 0 Å². The molecule has 0 N–H and O–H groups in total. The highest BCUT2D eigenvalue weighted by atomic mass is 79.9. The average molecular weight is 322 g/mol. The van der Waals surface area contributed by atoms with E-state index in [-0.39, 0.29) is 11.2 Å². The molecule has 0 aliphatic carbocycles. The molecule has 0 radical (unpaired) electrons. The van der Waals surface area contributed by atoms with E-state index in [2.05, 4.69) is 29.8 Å². The van der Waals surface area contributed by atoms with Gasteiger partial charge in [-0.25, -0.2) is 4.39 Å². The Balaban J connectivity index is 2.84. The van der Waals surface area contributed by atoms with Crippen molar-refractivity contribution < 1.29 is 4.39 Å². The highest BCUT2D eigenvalue weighted by molar-refractivity contribution is 9.10. The summed E-state index contributed by atoms with van der Waals surface area (Å²) >= 11 is 9.72. The summed E-state index contributed by atoms with van der Waals surface area (Å²) in [6.07, 6.45) is 4.51. The van der Waals surface area contributed by atoms with Crippen LogP contribution in [-0.2, 0) is 0 Å². The van der Waals surface area contributed by atoms with Crippen molar-refractivity contribution >= 4 is 27.5 Å². The summed E-state index contributed by atoms with van der Waals surface area (Å²) in [6.45, 7) is 4.35. The minimum absolute atomic E-state index is 0.0215. The third-order valence-electron chi connectivity index (χ3n) is 2.99. The minimum atomic E-state index is -0.236. The molecule has 0 aliphatic heterocycles. The van der Waals surface area contributed by atoms with Crippen molar-refractivity contribution in [3.63, 3.8) is 0 Å². The molecule has 0 heterocycles. The second-order valence-corrected chi connectivity index (χ2v) is 5.74. The molecule has 0 nitrogen and oxygen atoms in total. The van der Waals surface area contributed by atoms with E-state index in [1.54, 1.807) is 12.1 Å². The van der Waals surface area contributed by atoms with Crippen LogP contribution in [0.3, 0.4) is 0 Å². The summed E-state index contributed by atoms with van der Waals surface area (Å²) in [5.74, 6) is 0.240. The van der Waals surface area contributed by atoms with Crippen molar-refractivity contribution in [3.8, 4) is 0 Å². The summed E-state index contributed by atoms with van der Waals surface area (Å²) in [6, 6.07) is 5.06. The third-order valence-corrected chi connectivity index (χ3v) is 4.21. The average Bonchev–Trinajstić information content (AvgIpc) is 2.31. The Morgan fingerprint density at radius 2 is 1.82 bits per heavy atom. The van der Waals surface area contributed by atoms with Crippen LogP contribution < -0.4 is 0 Å². The maximum Gasteiger partial charge on any atom is 0.137 e. The maximum atomic E-state index is 13.2. The number of alkyl halides is 1. The molecule has 0 fully saturated rings.